The van der Waals surface area contributed by atoms with Crippen molar-refractivity contribution in [1.82, 2.24) is 4.98 Å². The van der Waals surface area contributed by atoms with Crippen LogP contribution in [0.2, 0.25) is 0 Å². The molecule has 0 aromatic carbocycles. The standard InChI is InChI=1S/C10H11F5N2S/c11-9(12)2-1-5(3-9)7(16)6-4-17-8(18-6)10(13,14)15/h4-5,7H,1-3,16H2. The maximum atomic E-state index is 13.0. The largest absolute Gasteiger partial charge is 0.443 e. The summed E-state index contributed by atoms with van der Waals surface area (Å²) in [7, 11) is 0. The lowest BCUT2D eigenvalue weighted by Gasteiger charge is -2.17. The zero-order valence-corrected chi connectivity index (χ0v) is 9.99. The van der Waals surface area contributed by atoms with Gasteiger partial charge in [0, 0.05) is 30.0 Å². The molecule has 102 valence electrons. The van der Waals surface area contributed by atoms with Gasteiger partial charge in [0.25, 0.3) is 0 Å². The molecule has 0 aliphatic heterocycles. The van der Waals surface area contributed by atoms with Crippen molar-refractivity contribution in [2.45, 2.75) is 37.4 Å². The highest BCUT2D eigenvalue weighted by Crippen LogP contribution is 2.45. The molecule has 2 N–H and O–H groups in total. The third-order valence-corrected chi connectivity index (χ3v) is 4.19. The van der Waals surface area contributed by atoms with Crippen LogP contribution in [0.3, 0.4) is 0 Å². The van der Waals surface area contributed by atoms with Gasteiger partial charge < -0.3 is 5.73 Å². The summed E-state index contributed by atoms with van der Waals surface area (Å²) in [6.07, 6.45) is -3.87. The molecule has 2 atom stereocenters. The number of thiazole rings is 1. The maximum absolute atomic E-state index is 13.0. The Bertz CT molecular complexity index is 428. The molecule has 1 aromatic rings. The fraction of sp³-hybridized carbons (Fsp3) is 0.700. The Hall–Kier alpha value is -0.760. The minimum Gasteiger partial charge on any atom is -0.323 e. The van der Waals surface area contributed by atoms with Gasteiger partial charge in [-0.3, -0.25) is 0 Å². The lowest BCUT2D eigenvalue weighted by Crippen LogP contribution is -2.20. The van der Waals surface area contributed by atoms with E-state index in [-0.39, 0.29) is 24.1 Å². The highest BCUT2D eigenvalue weighted by molar-refractivity contribution is 7.11. The molecule has 18 heavy (non-hydrogen) atoms. The highest BCUT2D eigenvalue weighted by Gasteiger charge is 2.43. The Morgan fingerprint density at radius 2 is 2.11 bits per heavy atom. The van der Waals surface area contributed by atoms with E-state index in [4.69, 9.17) is 5.73 Å². The minimum atomic E-state index is -4.51. The van der Waals surface area contributed by atoms with Crippen LogP contribution in [-0.4, -0.2) is 10.9 Å². The third kappa shape index (κ3) is 2.80. The summed E-state index contributed by atoms with van der Waals surface area (Å²) >= 11 is 0.429. The predicted octanol–water partition coefficient (Wildman–Crippen LogP) is 3.60. The van der Waals surface area contributed by atoms with Crippen molar-refractivity contribution < 1.29 is 22.0 Å². The van der Waals surface area contributed by atoms with Gasteiger partial charge in [0.15, 0.2) is 5.01 Å². The van der Waals surface area contributed by atoms with Gasteiger partial charge in [0.1, 0.15) is 0 Å². The van der Waals surface area contributed by atoms with Crippen LogP contribution in [0.15, 0.2) is 6.20 Å². The smallest absolute Gasteiger partial charge is 0.323 e. The molecular formula is C10H11F5N2S. The monoisotopic (exact) mass is 286 g/mol. The SMILES string of the molecule is NC(c1cnc(C(F)(F)F)s1)C1CCC(F)(F)C1. The van der Waals surface area contributed by atoms with E-state index >= 15 is 0 Å². The van der Waals surface area contributed by atoms with Gasteiger partial charge in [0.2, 0.25) is 5.92 Å². The molecule has 0 radical (unpaired) electrons. The Morgan fingerprint density at radius 3 is 2.56 bits per heavy atom. The first-order valence-electron chi connectivity index (χ1n) is 5.35. The molecule has 1 aliphatic carbocycles. The second-order valence-electron chi connectivity index (χ2n) is 4.45. The van der Waals surface area contributed by atoms with E-state index in [2.05, 4.69) is 4.98 Å². The fourth-order valence-corrected chi connectivity index (χ4v) is 2.97. The molecule has 0 amide bonds. The van der Waals surface area contributed by atoms with Crippen molar-refractivity contribution in [1.29, 1.82) is 0 Å². The van der Waals surface area contributed by atoms with Gasteiger partial charge in [-0.1, -0.05) is 0 Å². The summed E-state index contributed by atoms with van der Waals surface area (Å²) in [5.41, 5.74) is 5.75. The van der Waals surface area contributed by atoms with Crippen LogP contribution in [0.1, 0.15) is 35.2 Å². The van der Waals surface area contributed by atoms with E-state index in [9.17, 15) is 22.0 Å². The molecule has 0 saturated heterocycles. The van der Waals surface area contributed by atoms with Gasteiger partial charge in [-0.25, -0.2) is 13.8 Å². The molecule has 2 nitrogen and oxygen atoms in total. The molecule has 1 saturated carbocycles. The highest BCUT2D eigenvalue weighted by atomic mass is 32.1. The molecule has 2 unspecified atom stereocenters. The zero-order valence-electron chi connectivity index (χ0n) is 9.18. The molecule has 0 spiro atoms. The molecule has 8 heteroatoms. The van der Waals surface area contributed by atoms with Crippen LogP contribution in [0, 0.1) is 5.92 Å². The first kappa shape index (κ1) is 13.7. The van der Waals surface area contributed by atoms with Crippen LogP contribution in [0.4, 0.5) is 22.0 Å². The third-order valence-electron chi connectivity index (χ3n) is 3.04. The van der Waals surface area contributed by atoms with Crippen LogP contribution >= 0.6 is 11.3 Å². The van der Waals surface area contributed by atoms with Gasteiger partial charge in [-0.05, 0) is 12.3 Å². The zero-order chi connectivity index (χ0) is 13.6. The minimum absolute atomic E-state index is 0.213. The van der Waals surface area contributed by atoms with Crippen molar-refractivity contribution in [2.24, 2.45) is 11.7 Å². The first-order chi connectivity index (χ1) is 8.19. The lowest BCUT2D eigenvalue weighted by atomic mass is 9.98. The van der Waals surface area contributed by atoms with E-state index in [1.807, 2.05) is 0 Å². The van der Waals surface area contributed by atoms with E-state index in [0.717, 1.165) is 6.20 Å². The summed E-state index contributed by atoms with van der Waals surface area (Å²) < 4.78 is 63.1. The van der Waals surface area contributed by atoms with Gasteiger partial charge in [0.05, 0.1) is 0 Å². The van der Waals surface area contributed by atoms with Crippen molar-refractivity contribution in [2.75, 3.05) is 0 Å². The number of nitrogens with two attached hydrogens (primary N) is 1. The van der Waals surface area contributed by atoms with Gasteiger partial charge in [-0.15, -0.1) is 11.3 Å². The summed E-state index contributed by atoms with van der Waals surface area (Å²) in [6.45, 7) is 0. The number of aromatic nitrogens is 1. The van der Waals surface area contributed by atoms with Crippen molar-refractivity contribution in [3.8, 4) is 0 Å². The van der Waals surface area contributed by atoms with E-state index in [0.29, 0.717) is 11.3 Å². The normalized spacial score (nSPS) is 25.3. The van der Waals surface area contributed by atoms with Crippen molar-refractivity contribution in [3.05, 3.63) is 16.1 Å². The Balaban J connectivity index is 2.10. The number of rotatable bonds is 2. The van der Waals surface area contributed by atoms with Crippen molar-refractivity contribution in [3.63, 3.8) is 0 Å². The van der Waals surface area contributed by atoms with Gasteiger partial charge >= 0.3 is 6.18 Å². The first-order valence-corrected chi connectivity index (χ1v) is 6.17. The maximum Gasteiger partial charge on any atom is 0.443 e. The molecular weight excluding hydrogens is 275 g/mol. The fourth-order valence-electron chi connectivity index (χ4n) is 2.09. The molecule has 1 aromatic heterocycles. The number of hydrogen-bond acceptors (Lipinski definition) is 3. The molecule has 1 fully saturated rings. The number of alkyl halides is 5. The summed E-state index contributed by atoms with van der Waals surface area (Å²) in [5.74, 6) is -3.23. The molecule has 0 bridgehead atoms. The predicted molar refractivity (Wildman–Crippen MR) is 56.3 cm³/mol. The van der Waals surface area contributed by atoms with Crippen LogP contribution in [0.25, 0.3) is 0 Å². The van der Waals surface area contributed by atoms with Gasteiger partial charge in [-0.2, -0.15) is 13.2 Å². The summed E-state index contributed by atoms with van der Waals surface area (Å²) in [6, 6.07) is -0.799. The lowest BCUT2D eigenvalue weighted by molar-refractivity contribution is -0.137. The Labute approximate surface area is 104 Å². The molecule has 1 heterocycles. The van der Waals surface area contributed by atoms with E-state index < -0.39 is 29.1 Å². The van der Waals surface area contributed by atoms with Crippen LogP contribution in [0.5, 0.6) is 0 Å². The summed E-state index contributed by atoms with van der Waals surface area (Å²) in [4.78, 5) is 3.46. The second-order valence-corrected chi connectivity index (χ2v) is 5.51. The topological polar surface area (TPSA) is 38.9 Å². The molecule has 2 rings (SSSR count). The quantitative estimate of drug-likeness (QED) is 0.844. The number of halogens is 5. The van der Waals surface area contributed by atoms with Crippen LogP contribution < -0.4 is 5.73 Å². The number of nitrogens with zero attached hydrogens (tertiary/aromatic N) is 1. The Morgan fingerprint density at radius 1 is 1.44 bits per heavy atom. The van der Waals surface area contributed by atoms with Crippen molar-refractivity contribution >= 4 is 11.3 Å². The van der Waals surface area contributed by atoms with E-state index in [1.165, 1.54) is 0 Å². The molecule has 1 aliphatic rings. The second kappa shape index (κ2) is 4.41. The van der Waals surface area contributed by atoms with E-state index in [1.54, 1.807) is 0 Å². The Kier molecular flexibility index (Phi) is 3.35. The van der Waals surface area contributed by atoms with Crippen LogP contribution in [-0.2, 0) is 6.18 Å². The summed E-state index contributed by atoms with van der Waals surface area (Å²) in [5, 5.41) is -0.988. The number of hydrogen-bond donors (Lipinski definition) is 1. The average molecular weight is 286 g/mol. The average Bonchev–Trinajstić information content (AvgIpc) is 2.82.